The molecule has 2 aromatic rings. The summed E-state index contributed by atoms with van der Waals surface area (Å²) in [4.78, 5) is 23.5. The summed E-state index contributed by atoms with van der Waals surface area (Å²) in [6, 6.07) is 1.98. The van der Waals surface area contributed by atoms with E-state index in [0.717, 1.165) is 36.3 Å². The Morgan fingerprint density at radius 2 is 2.00 bits per heavy atom. The largest absolute Gasteiger partial charge is 0.342 e. The molecule has 1 aliphatic carbocycles. The summed E-state index contributed by atoms with van der Waals surface area (Å²) in [6.07, 6.45) is 6.53. The van der Waals surface area contributed by atoms with Crippen molar-refractivity contribution < 1.29 is 4.79 Å². The first-order valence-electron chi connectivity index (χ1n) is 9.22. The third kappa shape index (κ3) is 3.52. The van der Waals surface area contributed by atoms with Crippen molar-refractivity contribution in [2.45, 2.75) is 51.1 Å². The fourth-order valence-electron chi connectivity index (χ4n) is 4.25. The van der Waals surface area contributed by atoms with Crippen LogP contribution in [0.5, 0.6) is 0 Å². The Morgan fingerprint density at radius 3 is 2.84 bits per heavy atom. The lowest BCUT2D eigenvalue weighted by Crippen LogP contribution is -2.45. The molecule has 2 fully saturated rings. The van der Waals surface area contributed by atoms with Gasteiger partial charge in [-0.1, -0.05) is 31.0 Å². The maximum absolute atomic E-state index is 12.6. The van der Waals surface area contributed by atoms with E-state index >= 15 is 0 Å². The van der Waals surface area contributed by atoms with Crippen LogP contribution in [0.1, 0.15) is 43.5 Å². The zero-order valence-corrected chi connectivity index (χ0v) is 15.8. The molecular formula is C18H25N5OS. The van der Waals surface area contributed by atoms with Crippen molar-refractivity contribution >= 4 is 23.4 Å². The molecular weight excluding hydrogens is 334 g/mol. The van der Waals surface area contributed by atoms with E-state index < -0.39 is 0 Å². The van der Waals surface area contributed by atoms with Crippen LogP contribution in [0.2, 0.25) is 0 Å². The van der Waals surface area contributed by atoms with E-state index in [0.29, 0.717) is 16.7 Å². The van der Waals surface area contributed by atoms with Gasteiger partial charge < -0.3 is 4.90 Å². The predicted molar refractivity (Wildman–Crippen MR) is 97.6 cm³/mol. The third-order valence-corrected chi connectivity index (χ3v) is 6.39. The minimum atomic E-state index is 0.216. The average Bonchev–Trinajstić information content (AvgIpc) is 3.02. The molecule has 6 nitrogen and oxygen atoms in total. The maximum Gasteiger partial charge on any atom is 0.253 e. The van der Waals surface area contributed by atoms with Crippen molar-refractivity contribution in [3.05, 3.63) is 17.5 Å². The SMILES string of the molecule is Cc1cc(C)n2nc(SCC(=O)N3CC[C@H]4CCCC[C@@H]4C3)nc2n1. The second-order valence-corrected chi connectivity index (χ2v) is 8.31. The van der Waals surface area contributed by atoms with Crippen LogP contribution in [0.15, 0.2) is 11.2 Å². The van der Waals surface area contributed by atoms with Gasteiger partial charge in [0.15, 0.2) is 0 Å². The molecule has 0 bridgehead atoms. The van der Waals surface area contributed by atoms with E-state index in [1.807, 2.05) is 19.9 Å². The Kier molecular flexibility index (Phi) is 4.67. The van der Waals surface area contributed by atoms with E-state index in [9.17, 15) is 4.79 Å². The fraction of sp³-hybridized carbons (Fsp3) is 0.667. The Bertz CT molecular complexity index is 789. The first kappa shape index (κ1) is 16.8. The summed E-state index contributed by atoms with van der Waals surface area (Å²) < 4.78 is 1.74. The molecule has 1 aliphatic heterocycles. The number of hydrogen-bond acceptors (Lipinski definition) is 5. The van der Waals surface area contributed by atoms with Crippen LogP contribution in [0, 0.1) is 25.7 Å². The number of aromatic nitrogens is 4. The number of aryl methyl sites for hydroxylation is 2. The number of hydrogen-bond donors (Lipinski definition) is 0. The molecule has 0 aromatic carbocycles. The molecule has 4 rings (SSSR count). The van der Waals surface area contributed by atoms with Crippen LogP contribution in [-0.4, -0.2) is 49.2 Å². The number of carbonyl (C=O) groups excluding carboxylic acids is 1. The van der Waals surface area contributed by atoms with Gasteiger partial charge in [-0.25, -0.2) is 9.50 Å². The third-order valence-electron chi connectivity index (χ3n) is 5.57. The molecule has 0 radical (unpaired) electrons. The van der Waals surface area contributed by atoms with E-state index in [4.69, 9.17) is 0 Å². The van der Waals surface area contributed by atoms with Gasteiger partial charge in [-0.15, -0.1) is 5.10 Å². The van der Waals surface area contributed by atoms with Gasteiger partial charge >= 0.3 is 0 Å². The number of fused-ring (bicyclic) bond motifs is 2. The number of rotatable bonds is 3. The number of nitrogens with zero attached hydrogens (tertiary/aromatic N) is 5. The lowest BCUT2D eigenvalue weighted by Gasteiger charge is -2.41. The molecule has 0 N–H and O–H groups in total. The summed E-state index contributed by atoms with van der Waals surface area (Å²) in [5, 5.41) is 5.10. The molecule has 2 aromatic heterocycles. The summed E-state index contributed by atoms with van der Waals surface area (Å²) >= 11 is 1.42. The van der Waals surface area contributed by atoms with E-state index in [1.165, 1.54) is 43.9 Å². The van der Waals surface area contributed by atoms with Gasteiger partial charge in [0.05, 0.1) is 5.75 Å². The molecule has 0 unspecified atom stereocenters. The van der Waals surface area contributed by atoms with Gasteiger partial charge in [0, 0.05) is 24.5 Å². The summed E-state index contributed by atoms with van der Waals surface area (Å²) in [5.74, 6) is 2.80. The number of thioether (sulfide) groups is 1. The second-order valence-electron chi connectivity index (χ2n) is 7.37. The molecule has 7 heteroatoms. The second kappa shape index (κ2) is 6.94. The maximum atomic E-state index is 12.6. The number of likely N-dealkylation sites (tertiary alicyclic amines) is 1. The Hall–Kier alpha value is -1.63. The molecule has 1 amide bonds. The lowest BCUT2D eigenvalue weighted by molar-refractivity contribution is -0.131. The van der Waals surface area contributed by atoms with Crippen molar-refractivity contribution in [3.63, 3.8) is 0 Å². The quantitative estimate of drug-likeness (QED) is 0.789. The normalized spacial score (nSPS) is 23.7. The smallest absolute Gasteiger partial charge is 0.253 e. The number of carbonyl (C=O) groups is 1. The van der Waals surface area contributed by atoms with Gasteiger partial charge in [-0.3, -0.25) is 4.79 Å². The zero-order chi connectivity index (χ0) is 17.4. The first-order valence-corrected chi connectivity index (χ1v) is 10.2. The molecule has 1 saturated heterocycles. The highest BCUT2D eigenvalue weighted by Gasteiger charge is 2.32. The van der Waals surface area contributed by atoms with Gasteiger partial charge in [-0.05, 0) is 44.6 Å². The Labute approximate surface area is 152 Å². The topological polar surface area (TPSA) is 63.4 Å². The van der Waals surface area contributed by atoms with Crippen LogP contribution in [0.4, 0.5) is 0 Å². The number of piperidine rings is 1. The predicted octanol–water partition coefficient (Wildman–Crippen LogP) is 2.87. The van der Waals surface area contributed by atoms with Crippen LogP contribution in [0.25, 0.3) is 5.78 Å². The van der Waals surface area contributed by atoms with Crippen LogP contribution < -0.4 is 0 Å². The monoisotopic (exact) mass is 359 g/mol. The summed E-state index contributed by atoms with van der Waals surface area (Å²) in [7, 11) is 0. The van der Waals surface area contributed by atoms with Crippen LogP contribution in [-0.2, 0) is 4.79 Å². The highest BCUT2D eigenvalue weighted by Crippen LogP contribution is 2.36. The van der Waals surface area contributed by atoms with Gasteiger partial charge in [0.1, 0.15) is 0 Å². The highest BCUT2D eigenvalue weighted by molar-refractivity contribution is 7.99. The van der Waals surface area contributed by atoms with E-state index in [1.54, 1.807) is 4.52 Å². The molecule has 2 atom stereocenters. The molecule has 134 valence electrons. The number of amides is 1. The lowest BCUT2D eigenvalue weighted by atomic mass is 9.75. The van der Waals surface area contributed by atoms with Crippen LogP contribution >= 0.6 is 11.8 Å². The van der Waals surface area contributed by atoms with Crippen molar-refractivity contribution in [3.8, 4) is 0 Å². The Balaban J connectivity index is 1.38. The first-order chi connectivity index (χ1) is 12.1. The highest BCUT2D eigenvalue weighted by atomic mass is 32.2. The van der Waals surface area contributed by atoms with E-state index in [2.05, 4.69) is 20.0 Å². The van der Waals surface area contributed by atoms with Gasteiger partial charge in [0.2, 0.25) is 11.1 Å². The fourth-order valence-corrected chi connectivity index (χ4v) is 4.97. The Morgan fingerprint density at radius 1 is 1.20 bits per heavy atom. The van der Waals surface area contributed by atoms with Gasteiger partial charge in [-0.2, -0.15) is 4.98 Å². The summed E-state index contributed by atoms with van der Waals surface area (Å²) in [6.45, 7) is 5.80. The van der Waals surface area contributed by atoms with Crippen molar-refractivity contribution in [2.75, 3.05) is 18.8 Å². The van der Waals surface area contributed by atoms with Crippen molar-refractivity contribution in [1.29, 1.82) is 0 Å². The van der Waals surface area contributed by atoms with E-state index in [-0.39, 0.29) is 5.91 Å². The average molecular weight is 359 g/mol. The van der Waals surface area contributed by atoms with Gasteiger partial charge in [0.25, 0.3) is 5.78 Å². The molecule has 3 heterocycles. The zero-order valence-electron chi connectivity index (χ0n) is 14.9. The summed E-state index contributed by atoms with van der Waals surface area (Å²) in [5.41, 5.74) is 1.94. The van der Waals surface area contributed by atoms with Crippen molar-refractivity contribution in [2.24, 2.45) is 11.8 Å². The molecule has 0 spiro atoms. The minimum absolute atomic E-state index is 0.216. The minimum Gasteiger partial charge on any atom is -0.342 e. The molecule has 2 aliphatic rings. The molecule has 1 saturated carbocycles. The standard InChI is InChI=1S/C18H25N5OS/c1-12-9-13(2)23-17(19-12)20-18(21-23)25-11-16(24)22-8-7-14-5-3-4-6-15(14)10-22/h9,14-15H,3-8,10-11H2,1-2H3/t14-,15-/m1/s1. The van der Waals surface area contributed by atoms with Crippen LogP contribution in [0.3, 0.4) is 0 Å². The van der Waals surface area contributed by atoms with Crippen molar-refractivity contribution in [1.82, 2.24) is 24.5 Å². The molecule has 25 heavy (non-hydrogen) atoms.